The van der Waals surface area contributed by atoms with Crippen LogP contribution < -0.4 is 16.0 Å². The van der Waals surface area contributed by atoms with E-state index in [1.807, 2.05) is 6.20 Å². The van der Waals surface area contributed by atoms with Crippen molar-refractivity contribution in [3.05, 3.63) is 11.9 Å². The molecule has 118 valence electrons. The summed E-state index contributed by atoms with van der Waals surface area (Å²) in [6.45, 7) is 1.80. The molecule has 3 unspecified atom stereocenters. The zero-order valence-electron chi connectivity index (χ0n) is 13.2. The molecule has 0 radical (unpaired) electrons. The maximum absolute atomic E-state index is 5.90. The average molecular weight is 293 g/mol. The Balaban J connectivity index is 1.82. The normalized spacial score (nSPS) is 28.7. The van der Waals surface area contributed by atoms with E-state index in [1.54, 1.807) is 7.11 Å². The molecule has 21 heavy (non-hydrogen) atoms. The lowest BCUT2D eigenvalue weighted by molar-refractivity contribution is 0.337. The molecule has 0 bridgehead atoms. The van der Waals surface area contributed by atoms with Gasteiger partial charge < -0.3 is 9.64 Å². The summed E-state index contributed by atoms with van der Waals surface area (Å²) in [5.74, 6) is 9.08. The Morgan fingerprint density at radius 2 is 2.19 bits per heavy atom. The highest BCUT2D eigenvalue weighted by Gasteiger charge is 2.57. The summed E-state index contributed by atoms with van der Waals surface area (Å²) >= 11 is 0. The van der Waals surface area contributed by atoms with Crippen LogP contribution in [0.1, 0.15) is 31.0 Å². The summed E-state index contributed by atoms with van der Waals surface area (Å²) in [5.41, 5.74) is 4.16. The largest absolute Gasteiger partial charge is 0.493 e. The van der Waals surface area contributed by atoms with Crippen molar-refractivity contribution in [2.75, 3.05) is 27.7 Å². The summed E-state index contributed by atoms with van der Waals surface area (Å²) < 4.78 is 7.58. The SMILES string of the molecule is COc1cnn(CCN(C)C)c1C(NN)C1C2CCCC21. The van der Waals surface area contributed by atoms with E-state index in [4.69, 9.17) is 10.6 Å². The summed E-state index contributed by atoms with van der Waals surface area (Å²) in [6.07, 6.45) is 5.89. The number of nitrogens with two attached hydrogens (primary N) is 1. The van der Waals surface area contributed by atoms with Crippen LogP contribution in [-0.2, 0) is 6.54 Å². The fourth-order valence-electron chi connectivity index (χ4n) is 4.07. The maximum atomic E-state index is 5.90. The molecule has 1 aromatic rings. The number of hydrazine groups is 1. The van der Waals surface area contributed by atoms with E-state index in [9.17, 15) is 0 Å². The van der Waals surface area contributed by atoms with Gasteiger partial charge in [0.1, 0.15) is 0 Å². The Labute approximate surface area is 126 Å². The van der Waals surface area contributed by atoms with Crippen LogP contribution in [-0.4, -0.2) is 42.4 Å². The first-order chi connectivity index (χ1) is 10.2. The minimum Gasteiger partial charge on any atom is -0.493 e. The summed E-state index contributed by atoms with van der Waals surface area (Å²) in [7, 11) is 5.85. The van der Waals surface area contributed by atoms with Gasteiger partial charge in [-0.2, -0.15) is 5.10 Å². The maximum Gasteiger partial charge on any atom is 0.161 e. The topological polar surface area (TPSA) is 68.3 Å². The second-order valence-electron chi connectivity index (χ2n) is 6.60. The fraction of sp³-hybridized carbons (Fsp3) is 0.800. The highest BCUT2D eigenvalue weighted by atomic mass is 16.5. The third-order valence-electron chi connectivity index (χ3n) is 5.16. The Morgan fingerprint density at radius 1 is 1.48 bits per heavy atom. The second kappa shape index (κ2) is 5.94. The molecule has 2 saturated carbocycles. The molecule has 2 aliphatic carbocycles. The van der Waals surface area contributed by atoms with Crippen LogP contribution in [0.4, 0.5) is 0 Å². The molecule has 3 N–H and O–H groups in total. The minimum atomic E-state index is 0.153. The third-order valence-corrected chi connectivity index (χ3v) is 5.16. The molecule has 0 aliphatic heterocycles. The van der Waals surface area contributed by atoms with E-state index in [0.29, 0.717) is 5.92 Å². The van der Waals surface area contributed by atoms with Gasteiger partial charge >= 0.3 is 0 Å². The molecule has 2 aliphatic rings. The highest BCUT2D eigenvalue weighted by molar-refractivity contribution is 5.31. The molecule has 0 amide bonds. The molecular formula is C15H27N5O. The van der Waals surface area contributed by atoms with Crippen molar-refractivity contribution in [1.29, 1.82) is 0 Å². The second-order valence-corrected chi connectivity index (χ2v) is 6.60. The number of likely N-dealkylation sites (N-methyl/N-ethyl adjacent to an activating group) is 1. The third kappa shape index (κ3) is 2.67. The number of rotatable bonds is 7. The van der Waals surface area contributed by atoms with Crippen LogP contribution in [0.3, 0.4) is 0 Å². The van der Waals surface area contributed by atoms with Crippen molar-refractivity contribution in [3.63, 3.8) is 0 Å². The summed E-state index contributed by atoms with van der Waals surface area (Å²) in [6, 6.07) is 0.153. The van der Waals surface area contributed by atoms with Crippen LogP contribution >= 0.6 is 0 Å². The molecule has 0 aromatic carbocycles. The molecule has 1 heterocycles. The number of methoxy groups -OCH3 is 1. The lowest BCUT2D eigenvalue weighted by Crippen LogP contribution is -2.33. The van der Waals surface area contributed by atoms with Gasteiger partial charge in [0.05, 0.1) is 31.6 Å². The number of hydrogen-bond acceptors (Lipinski definition) is 5. The van der Waals surface area contributed by atoms with Gasteiger partial charge in [0, 0.05) is 6.54 Å². The van der Waals surface area contributed by atoms with Gasteiger partial charge in [-0.1, -0.05) is 6.42 Å². The van der Waals surface area contributed by atoms with Crippen molar-refractivity contribution < 1.29 is 4.74 Å². The molecule has 6 nitrogen and oxygen atoms in total. The van der Waals surface area contributed by atoms with Gasteiger partial charge in [0.2, 0.25) is 0 Å². The van der Waals surface area contributed by atoms with Crippen LogP contribution in [0, 0.1) is 17.8 Å². The van der Waals surface area contributed by atoms with Gasteiger partial charge in [-0.25, -0.2) is 0 Å². The van der Waals surface area contributed by atoms with E-state index in [2.05, 4.69) is 34.2 Å². The monoisotopic (exact) mass is 293 g/mol. The number of nitrogens with one attached hydrogen (secondary N) is 1. The quantitative estimate of drug-likeness (QED) is 0.580. The predicted molar refractivity (Wildman–Crippen MR) is 81.7 cm³/mol. The van der Waals surface area contributed by atoms with Gasteiger partial charge in [-0.3, -0.25) is 16.0 Å². The zero-order valence-corrected chi connectivity index (χ0v) is 13.2. The number of fused-ring (bicyclic) bond motifs is 1. The molecule has 3 rings (SSSR count). The van der Waals surface area contributed by atoms with Gasteiger partial charge in [0.15, 0.2) is 5.75 Å². The molecule has 0 saturated heterocycles. The Bertz CT molecular complexity index is 476. The van der Waals surface area contributed by atoms with E-state index >= 15 is 0 Å². The van der Waals surface area contributed by atoms with Gasteiger partial charge in [0.25, 0.3) is 0 Å². The zero-order chi connectivity index (χ0) is 15.0. The van der Waals surface area contributed by atoms with Gasteiger partial charge in [-0.15, -0.1) is 0 Å². The van der Waals surface area contributed by atoms with Crippen LogP contribution in [0.5, 0.6) is 5.75 Å². The predicted octanol–water partition coefficient (Wildman–Crippen LogP) is 1.00. The first kappa shape index (κ1) is 14.8. The molecular weight excluding hydrogens is 266 g/mol. The Hall–Kier alpha value is -1.11. The molecule has 3 atom stereocenters. The van der Waals surface area contributed by atoms with E-state index < -0.39 is 0 Å². The molecule has 0 spiro atoms. The molecule has 1 aromatic heterocycles. The smallest absolute Gasteiger partial charge is 0.161 e. The van der Waals surface area contributed by atoms with Crippen molar-refractivity contribution in [2.45, 2.75) is 31.8 Å². The fourth-order valence-corrected chi connectivity index (χ4v) is 4.07. The first-order valence-electron chi connectivity index (χ1n) is 7.88. The first-order valence-corrected chi connectivity index (χ1v) is 7.88. The van der Waals surface area contributed by atoms with Crippen molar-refractivity contribution >= 4 is 0 Å². The lowest BCUT2D eigenvalue weighted by atomic mass is 10.0. The molecule has 2 fully saturated rings. The standard InChI is InChI=1S/C15H27N5O/c1-19(2)7-8-20-15(12(21-3)9-17-20)14(18-16)13-10-5-4-6-11(10)13/h9-11,13-14,18H,4-8,16H2,1-3H3. The van der Waals surface area contributed by atoms with Gasteiger partial charge in [-0.05, 0) is 44.7 Å². The summed E-state index contributed by atoms with van der Waals surface area (Å²) in [5, 5.41) is 4.50. The van der Waals surface area contributed by atoms with Crippen molar-refractivity contribution in [3.8, 4) is 5.75 Å². The Kier molecular flexibility index (Phi) is 4.19. The number of nitrogens with zero attached hydrogens (tertiary/aromatic N) is 3. The average Bonchev–Trinajstić information content (AvgIpc) is 2.84. The highest BCUT2D eigenvalue weighted by Crippen LogP contribution is 2.62. The summed E-state index contributed by atoms with van der Waals surface area (Å²) in [4.78, 5) is 2.16. The van der Waals surface area contributed by atoms with E-state index in [1.165, 1.54) is 19.3 Å². The van der Waals surface area contributed by atoms with Crippen LogP contribution in [0.15, 0.2) is 6.20 Å². The van der Waals surface area contributed by atoms with Crippen molar-refractivity contribution in [2.24, 2.45) is 23.6 Å². The Morgan fingerprint density at radius 3 is 2.76 bits per heavy atom. The van der Waals surface area contributed by atoms with E-state index in [-0.39, 0.29) is 6.04 Å². The van der Waals surface area contributed by atoms with E-state index in [0.717, 1.165) is 36.4 Å². The van der Waals surface area contributed by atoms with Crippen LogP contribution in [0.25, 0.3) is 0 Å². The van der Waals surface area contributed by atoms with Crippen molar-refractivity contribution in [1.82, 2.24) is 20.1 Å². The number of aromatic nitrogens is 2. The number of ether oxygens (including phenoxy) is 1. The minimum absolute atomic E-state index is 0.153. The molecule has 6 heteroatoms. The number of hydrogen-bond donors (Lipinski definition) is 2. The van der Waals surface area contributed by atoms with Crippen LogP contribution in [0.2, 0.25) is 0 Å². The lowest BCUT2D eigenvalue weighted by Gasteiger charge is -2.21.